The van der Waals surface area contributed by atoms with Crippen molar-refractivity contribution in [3.8, 4) is 11.5 Å². The molecule has 0 amide bonds. The van der Waals surface area contributed by atoms with Gasteiger partial charge in [0.25, 0.3) is 0 Å². The van der Waals surface area contributed by atoms with Crippen molar-refractivity contribution in [3.05, 3.63) is 23.8 Å². The Kier molecular flexibility index (Phi) is 5.83. The number of oxime groups is 1. The first-order valence-corrected chi connectivity index (χ1v) is 8.03. The average Bonchev–Trinajstić information content (AvgIpc) is 2.45. The molecule has 0 spiro atoms. The lowest BCUT2D eigenvalue weighted by Gasteiger charge is -2.11. The van der Waals surface area contributed by atoms with E-state index in [2.05, 4.69) is 5.16 Å². The summed E-state index contributed by atoms with van der Waals surface area (Å²) in [6.07, 6.45) is 0. The Morgan fingerprint density at radius 2 is 1.95 bits per heavy atom. The number of nitrogens with two attached hydrogens (primary N) is 1. The van der Waals surface area contributed by atoms with Crippen LogP contribution in [0.5, 0.6) is 11.5 Å². The Morgan fingerprint density at radius 1 is 1.33 bits per heavy atom. The Labute approximate surface area is 124 Å². The maximum atomic E-state index is 11.7. The van der Waals surface area contributed by atoms with Gasteiger partial charge in [-0.25, -0.2) is 8.42 Å². The topological polar surface area (TPSA) is 111 Å². The maximum Gasteiger partial charge on any atom is 0.170 e. The van der Waals surface area contributed by atoms with Crippen LogP contribution in [-0.2, 0) is 9.84 Å². The second kappa shape index (κ2) is 7.16. The molecule has 0 saturated carbocycles. The highest BCUT2D eigenvalue weighted by Gasteiger charge is 2.16. The molecule has 0 aliphatic rings. The van der Waals surface area contributed by atoms with Crippen LogP contribution in [0.2, 0.25) is 0 Å². The third-order valence-electron chi connectivity index (χ3n) is 2.87. The zero-order valence-corrected chi connectivity index (χ0v) is 13.1. The van der Waals surface area contributed by atoms with E-state index in [0.29, 0.717) is 17.1 Å². The summed E-state index contributed by atoms with van der Waals surface area (Å²) >= 11 is 0. The zero-order valence-electron chi connectivity index (χ0n) is 12.2. The van der Waals surface area contributed by atoms with Crippen molar-refractivity contribution in [2.75, 3.05) is 19.5 Å². The summed E-state index contributed by atoms with van der Waals surface area (Å²) in [7, 11) is -1.69. The minimum Gasteiger partial charge on any atom is -0.497 e. The van der Waals surface area contributed by atoms with Gasteiger partial charge in [-0.15, -0.1) is 0 Å². The summed E-state index contributed by atoms with van der Waals surface area (Å²) in [6.45, 7) is 3.26. The lowest BCUT2D eigenvalue weighted by Crippen LogP contribution is -2.22. The highest BCUT2D eigenvalue weighted by molar-refractivity contribution is 7.91. The van der Waals surface area contributed by atoms with Crippen LogP contribution >= 0.6 is 0 Å². The van der Waals surface area contributed by atoms with Gasteiger partial charge in [-0.1, -0.05) is 5.16 Å². The van der Waals surface area contributed by atoms with Gasteiger partial charge < -0.3 is 20.4 Å². The van der Waals surface area contributed by atoms with E-state index in [9.17, 15) is 8.42 Å². The molecule has 0 aromatic heterocycles. The predicted molar refractivity (Wildman–Crippen MR) is 79.9 cm³/mol. The number of amidine groups is 1. The van der Waals surface area contributed by atoms with Gasteiger partial charge in [0.05, 0.1) is 18.1 Å². The molecule has 1 rings (SSSR count). The highest BCUT2D eigenvalue weighted by Crippen LogP contribution is 2.22. The molecule has 7 nitrogen and oxygen atoms in total. The number of nitrogens with zero attached hydrogens (tertiary/aromatic N) is 1. The summed E-state index contributed by atoms with van der Waals surface area (Å²) in [5.41, 5.74) is 5.93. The maximum absolute atomic E-state index is 11.7. The largest absolute Gasteiger partial charge is 0.497 e. The van der Waals surface area contributed by atoms with E-state index in [1.165, 1.54) is 7.11 Å². The van der Waals surface area contributed by atoms with Crippen LogP contribution in [0.15, 0.2) is 23.4 Å². The molecule has 0 radical (unpaired) electrons. The first-order valence-electron chi connectivity index (χ1n) is 6.31. The standard InChI is InChI=1S/C13H20N2O5S/c1-9(2)21(17,18)5-4-20-12-7-10(13(14)15-16)6-11(8-12)19-3/h6-9,16H,4-5H2,1-3H3,(H2,14,15). The molecule has 0 atom stereocenters. The first-order chi connectivity index (χ1) is 9.80. The van der Waals surface area contributed by atoms with Crippen LogP contribution < -0.4 is 15.2 Å². The van der Waals surface area contributed by atoms with Crippen molar-refractivity contribution in [1.29, 1.82) is 0 Å². The third kappa shape index (κ3) is 4.82. The summed E-state index contributed by atoms with van der Waals surface area (Å²) < 4.78 is 33.9. The minimum atomic E-state index is -3.16. The fourth-order valence-corrected chi connectivity index (χ4v) is 2.28. The SMILES string of the molecule is COc1cc(OCCS(=O)(=O)C(C)C)cc(/C(N)=N/O)c1. The van der Waals surface area contributed by atoms with Crippen molar-refractivity contribution in [1.82, 2.24) is 0 Å². The number of hydrogen-bond acceptors (Lipinski definition) is 6. The molecule has 3 N–H and O–H groups in total. The first kappa shape index (κ1) is 17.1. The van der Waals surface area contributed by atoms with Crippen LogP contribution in [0.1, 0.15) is 19.4 Å². The van der Waals surface area contributed by atoms with E-state index in [1.807, 2.05) is 0 Å². The molecule has 1 aromatic rings. The lowest BCUT2D eigenvalue weighted by atomic mass is 10.2. The molecule has 0 unspecified atom stereocenters. The molecule has 0 aliphatic heterocycles. The van der Waals surface area contributed by atoms with Gasteiger partial charge in [0.15, 0.2) is 15.7 Å². The van der Waals surface area contributed by atoms with Gasteiger partial charge in [0, 0.05) is 11.6 Å². The van der Waals surface area contributed by atoms with Crippen molar-refractivity contribution in [2.45, 2.75) is 19.1 Å². The molecule has 0 aliphatic carbocycles. The Morgan fingerprint density at radius 3 is 2.48 bits per heavy atom. The molecule has 0 bridgehead atoms. The number of ether oxygens (including phenoxy) is 2. The zero-order chi connectivity index (χ0) is 16.0. The van der Waals surface area contributed by atoms with E-state index in [-0.39, 0.29) is 18.2 Å². The Hall–Kier alpha value is -1.96. The van der Waals surface area contributed by atoms with Crippen molar-refractivity contribution >= 4 is 15.7 Å². The molecule has 0 heterocycles. The molecular weight excluding hydrogens is 296 g/mol. The summed E-state index contributed by atoms with van der Waals surface area (Å²) in [5.74, 6) is 0.671. The number of methoxy groups -OCH3 is 1. The van der Waals surface area contributed by atoms with Crippen molar-refractivity contribution < 1.29 is 23.1 Å². The van der Waals surface area contributed by atoms with Gasteiger partial charge >= 0.3 is 0 Å². The molecule has 0 fully saturated rings. The predicted octanol–water partition coefficient (Wildman–Crippen LogP) is 0.992. The minimum absolute atomic E-state index is 0.0172. The second-order valence-electron chi connectivity index (χ2n) is 4.65. The lowest BCUT2D eigenvalue weighted by molar-refractivity contribution is 0.318. The average molecular weight is 316 g/mol. The van der Waals surface area contributed by atoms with Crippen molar-refractivity contribution in [2.24, 2.45) is 10.9 Å². The van der Waals surface area contributed by atoms with Crippen molar-refractivity contribution in [3.63, 3.8) is 0 Å². The van der Waals surface area contributed by atoms with E-state index in [0.717, 1.165) is 0 Å². The normalized spacial score (nSPS) is 12.5. The summed E-state index contributed by atoms with van der Waals surface area (Å²) in [6, 6.07) is 4.71. The number of benzene rings is 1. The Bertz CT molecular complexity index is 611. The van der Waals surface area contributed by atoms with Crippen LogP contribution in [0, 0.1) is 0 Å². The molecule has 8 heteroatoms. The number of hydrogen-bond donors (Lipinski definition) is 2. The smallest absolute Gasteiger partial charge is 0.170 e. The van der Waals surface area contributed by atoms with E-state index < -0.39 is 15.1 Å². The number of sulfone groups is 1. The molecule has 1 aromatic carbocycles. The van der Waals surface area contributed by atoms with Crippen LogP contribution in [0.25, 0.3) is 0 Å². The molecule has 118 valence electrons. The summed E-state index contributed by atoms with van der Waals surface area (Å²) in [4.78, 5) is 0. The molecule has 21 heavy (non-hydrogen) atoms. The van der Waals surface area contributed by atoms with E-state index in [4.69, 9.17) is 20.4 Å². The monoisotopic (exact) mass is 316 g/mol. The second-order valence-corrected chi connectivity index (χ2v) is 7.32. The highest BCUT2D eigenvalue weighted by atomic mass is 32.2. The van der Waals surface area contributed by atoms with Crippen LogP contribution in [0.3, 0.4) is 0 Å². The van der Waals surface area contributed by atoms with Gasteiger partial charge in [0.1, 0.15) is 18.1 Å². The molecule has 0 saturated heterocycles. The van der Waals surface area contributed by atoms with Gasteiger partial charge in [-0.3, -0.25) is 0 Å². The third-order valence-corrected chi connectivity index (χ3v) is 5.05. The van der Waals surface area contributed by atoms with Gasteiger partial charge in [-0.2, -0.15) is 0 Å². The van der Waals surface area contributed by atoms with Crippen LogP contribution in [0.4, 0.5) is 0 Å². The van der Waals surface area contributed by atoms with E-state index >= 15 is 0 Å². The molecular formula is C13H20N2O5S. The van der Waals surface area contributed by atoms with Gasteiger partial charge in [0.2, 0.25) is 0 Å². The van der Waals surface area contributed by atoms with E-state index in [1.54, 1.807) is 32.0 Å². The quantitative estimate of drug-likeness (QED) is 0.336. The van der Waals surface area contributed by atoms with Crippen LogP contribution in [-0.4, -0.2) is 44.2 Å². The fraction of sp³-hybridized carbons (Fsp3) is 0.462. The fourth-order valence-electron chi connectivity index (χ4n) is 1.49. The number of rotatable bonds is 7. The summed E-state index contributed by atoms with van der Waals surface area (Å²) in [5, 5.41) is 11.1. The Balaban J connectivity index is 2.84. The van der Waals surface area contributed by atoms with Gasteiger partial charge in [-0.05, 0) is 26.0 Å².